The standard InChI is InChI=1S/C14H21N3O/c15-10-11-3-6-17(7-4-11)12-1-2-14-13(9-12)16-5-8-18-14/h1-2,9,11,16H,3-8,10,15H2. The number of hydrogen-bond donors (Lipinski definition) is 2. The summed E-state index contributed by atoms with van der Waals surface area (Å²) in [5.41, 5.74) is 8.15. The summed E-state index contributed by atoms with van der Waals surface area (Å²) in [5, 5.41) is 3.39. The van der Waals surface area contributed by atoms with Crippen molar-refractivity contribution in [3.05, 3.63) is 18.2 Å². The normalized spacial score (nSPS) is 19.9. The summed E-state index contributed by atoms with van der Waals surface area (Å²) in [4.78, 5) is 2.45. The molecular weight excluding hydrogens is 226 g/mol. The lowest BCUT2D eigenvalue weighted by Gasteiger charge is -2.33. The zero-order valence-electron chi connectivity index (χ0n) is 10.7. The molecule has 0 amide bonds. The monoisotopic (exact) mass is 247 g/mol. The quantitative estimate of drug-likeness (QED) is 0.834. The molecule has 2 aliphatic rings. The van der Waals surface area contributed by atoms with E-state index in [0.29, 0.717) is 5.92 Å². The molecule has 18 heavy (non-hydrogen) atoms. The minimum Gasteiger partial charge on any atom is -0.490 e. The molecule has 2 heterocycles. The molecule has 0 aromatic heterocycles. The van der Waals surface area contributed by atoms with E-state index in [4.69, 9.17) is 10.5 Å². The van der Waals surface area contributed by atoms with Crippen LogP contribution in [0.3, 0.4) is 0 Å². The van der Waals surface area contributed by atoms with Gasteiger partial charge < -0.3 is 20.7 Å². The first kappa shape index (κ1) is 11.7. The number of fused-ring (bicyclic) bond motifs is 1. The van der Waals surface area contributed by atoms with Gasteiger partial charge in [0, 0.05) is 25.3 Å². The average molecular weight is 247 g/mol. The van der Waals surface area contributed by atoms with Gasteiger partial charge in [0.1, 0.15) is 12.4 Å². The minimum atomic E-state index is 0.709. The van der Waals surface area contributed by atoms with Crippen LogP contribution in [-0.4, -0.2) is 32.8 Å². The molecule has 0 spiro atoms. The van der Waals surface area contributed by atoms with Crippen molar-refractivity contribution in [3.63, 3.8) is 0 Å². The molecule has 98 valence electrons. The molecular formula is C14H21N3O. The fourth-order valence-corrected chi connectivity index (χ4v) is 2.75. The van der Waals surface area contributed by atoms with Crippen LogP contribution in [0.1, 0.15) is 12.8 Å². The highest BCUT2D eigenvalue weighted by Gasteiger charge is 2.19. The molecule has 1 aromatic rings. The van der Waals surface area contributed by atoms with Gasteiger partial charge in [-0.15, -0.1) is 0 Å². The highest BCUT2D eigenvalue weighted by molar-refractivity contribution is 5.66. The van der Waals surface area contributed by atoms with Gasteiger partial charge in [-0.3, -0.25) is 0 Å². The summed E-state index contributed by atoms with van der Waals surface area (Å²) in [6.45, 7) is 4.70. The maximum atomic E-state index is 5.73. The van der Waals surface area contributed by atoms with Gasteiger partial charge in [0.05, 0.1) is 5.69 Å². The lowest BCUT2D eigenvalue weighted by atomic mass is 9.96. The zero-order chi connectivity index (χ0) is 12.4. The van der Waals surface area contributed by atoms with Gasteiger partial charge in [-0.1, -0.05) is 0 Å². The van der Waals surface area contributed by atoms with Crippen molar-refractivity contribution in [2.24, 2.45) is 11.7 Å². The van der Waals surface area contributed by atoms with Crippen LogP contribution in [0.5, 0.6) is 5.75 Å². The fraction of sp³-hybridized carbons (Fsp3) is 0.571. The van der Waals surface area contributed by atoms with Crippen LogP contribution in [0, 0.1) is 5.92 Å². The average Bonchev–Trinajstić information content (AvgIpc) is 2.47. The molecule has 0 atom stereocenters. The largest absolute Gasteiger partial charge is 0.490 e. The predicted molar refractivity (Wildman–Crippen MR) is 74.4 cm³/mol. The Morgan fingerprint density at radius 1 is 1.33 bits per heavy atom. The van der Waals surface area contributed by atoms with E-state index in [-0.39, 0.29) is 0 Å². The number of nitrogens with one attached hydrogen (secondary N) is 1. The molecule has 0 aliphatic carbocycles. The van der Waals surface area contributed by atoms with Crippen LogP contribution < -0.4 is 20.7 Å². The Balaban J connectivity index is 1.73. The Kier molecular flexibility index (Phi) is 3.28. The lowest BCUT2D eigenvalue weighted by Crippen LogP contribution is -2.36. The number of anilines is 2. The van der Waals surface area contributed by atoms with Gasteiger partial charge in [-0.2, -0.15) is 0 Å². The predicted octanol–water partition coefficient (Wildman–Crippen LogP) is 1.67. The smallest absolute Gasteiger partial charge is 0.142 e. The van der Waals surface area contributed by atoms with Crippen molar-refractivity contribution in [2.75, 3.05) is 43.0 Å². The minimum absolute atomic E-state index is 0.709. The summed E-state index contributed by atoms with van der Waals surface area (Å²) >= 11 is 0. The maximum absolute atomic E-state index is 5.73. The first-order valence-corrected chi connectivity index (χ1v) is 6.82. The third-order valence-electron chi connectivity index (χ3n) is 3.95. The molecule has 1 saturated heterocycles. The third-order valence-corrected chi connectivity index (χ3v) is 3.95. The Morgan fingerprint density at radius 2 is 2.17 bits per heavy atom. The molecule has 0 unspecified atom stereocenters. The van der Waals surface area contributed by atoms with E-state index in [0.717, 1.165) is 44.2 Å². The van der Waals surface area contributed by atoms with Crippen LogP contribution in [0.25, 0.3) is 0 Å². The lowest BCUT2D eigenvalue weighted by molar-refractivity contribution is 0.323. The number of nitrogens with zero attached hydrogens (tertiary/aromatic N) is 1. The summed E-state index contributed by atoms with van der Waals surface area (Å²) in [7, 11) is 0. The van der Waals surface area contributed by atoms with Gasteiger partial charge in [0.25, 0.3) is 0 Å². The molecule has 0 saturated carbocycles. The number of benzene rings is 1. The molecule has 4 nitrogen and oxygen atoms in total. The van der Waals surface area contributed by atoms with Crippen LogP contribution in [0.4, 0.5) is 11.4 Å². The number of nitrogens with two attached hydrogens (primary N) is 1. The second-order valence-corrected chi connectivity index (χ2v) is 5.12. The molecule has 1 fully saturated rings. The van der Waals surface area contributed by atoms with Crippen molar-refractivity contribution in [1.82, 2.24) is 0 Å². The second-order valence-electron chi connectivity index (χ2n) is 5.12. The number of hydrogen-bond acceptors (Lipinski definition) is 4. The highest BCUT2D eigenvalue weighted by Crippen LogP contribution is 2.33. The topological polar surface area (TPSA) is 50.5 Å². The summed E-state index contributed by atoms with van der Waals surface area (Å²) in [6.07, 6.45) is 2.41. The van der Waals surface area contributed by atoms with Gasteiger partial charge in [-0.05, 0) is 43.5 Å². The summed E-state index contributed by atoms with van der Waals surface area (Å²) in [5.74, 6) is 1.68. The Hall–Kier alpha value is -1.42. The zero-order valence-corrected chi connectivity index (χ0v) is 10.7. The second kappa shape index (κ2) is 5.06. The van der Waals surface area contributed by atoms with E-state index in [9.17, 15) is 0 Å². The van der Waals surface area contributed by atoms with Crippen LogP contribution in [-0.2, 0) is 0 Å². The highest BCUT2D eigenvalue weighted by atomic mass is 16.5. The number of piperidine rings is 1. The first-order valence-electron chi connectivity index (χ1n) is 6.82. The molecule has 3 rings (SSSR count). The van der Waals surface area contributed by atoms with E-state index in [1.54, 1.807) is 0 Å². The van der Waals surface area contributed by atoms with Crippen molar-refractivity contribution in [2.45, 2.75) is 12.8 Å². The van der Waals surface area contributed by atoms with Crippen molar-refractivity contribution < 1.29 is 4.74 Å². The van der Waals surface area contributed by atoms with Crippen molar-refractivity contribution >= 4 is 11.4 Å². The van der Waals surface area contributed by atoms with E-state index in [2.05, 4.69) is 28.4 Å². The van der Waals surface area contributed by atoms with Crippen LogP contribution in [0.2, 0.25) is 0 Å². The van der Waals surface area contributed by atoms with Gasteiger partial charge in [0.2, 0.25) is 0 Å². The maximum Gasteiger partial charge on any atom is 0.142 e. The van der Waals surface area contributed by atoms with Crippen LogP contribution >= 0.6 is 0 Å². The van der Waals surface area contributed by atoms with Gasteiger partial charge in [-0.25, -0.2) is 0 Å². The van der Waals surface area contributed by atoms with Crippen molar-refractivity contribution in [1.29, 1.82) is 0 Å². The van der Waals surface area contributed by atoms with Gasteiger partial charge in [0.15, 0.2) is 0 Å². The van der Waals surface area contributed by atoms with Crippen LogP contribution in [0.15, 0.2) is 18.2 Å². The Bertz CT molecular complexity index is 414. The molecule has 2 aliphatic heterocycles. The Morgan fingerprint density at radius 3 is 2.94 bits per heavy atom. The number of ether oxygens (including phenoxy) is 1. The molecule has 1 aromatic carbocycles. The molecule has 4 heteroatoms. The van der Waals surface area contributed by atoms with E-state index in [1.165, 1.54) is 18.5 Å². The van der Waals surface area contributed by atoms with E-state index >= 15 is 0 Å². The molecule has 3 N–H and O–H groups in total. The van der Waals surface area contributed by atoms with Crippen molar-refractivity contribution in [3.8, 4) is 5.75 Å². The number of rotatable bonds is 2. The van der Waals surface area contributed by atoms with E-state index in [1.807, 2.05) is 0 Å². The van der Waals surface area contributed by atoms with E-state index < -0.39 is 0 Å². The summed E-state index contributed by atoms with van der Waals surface area (Å²) < 4.78 is 5.60. The molecule has 0 radical (unpaired) electrons. The van der Waals surface area contributed by atoms with Gasteiger partial charge >= 0.3 is 0 Å². The SMILES string of the molecule is NCC1CCN(c2ccc3c(c2)NCCO3)CC1. The Labute approximate surface area is 108 Å². The molecule has 0 bridgehead atoms. The summed E-state index contributed by atoms with van der Waals surface area (Å²) in [6, 6.07) is 6.44. The third kappa shape index (κ3) is 2.25. The first-order chi connectivity index (χ1) is 8.86. The fourth-order valence-electron chi connectivity index (χ4n) is 2.75.